The van der Waals surface area contributed by atoms with E-state index >= 15 is 0 Å². The number of amides is 2. The third-order valence-electron chi connectivity index (χ3n) is 2.82. The number of rotatable bonds is 3. The molecule has 0 saturated heterocycles. The molecule has 0 aliphatic heterocycles. The summed E-state index contributed by atoms with van der Waals surface area (Å²) in [6, 6.07) is 13.0. The maximum atomic E-state index is 11.8. The van der Waals surface area contributed by atoms with E-state index in [4.69, 9.17) is 11.6 Å². The summed E-state index contributed by atoms with van der Waals surface area (Å²) < 4.78 is 1.13. The van der Waals surface area contributed by atoms with E-state index in [0.717, 1.165) is 20.4 Å². The molecule has 0 fully saturated rings. The number of urea groups is 1. The first-order valence-corrected chi connectivity index (χ1v) is 7.76. The van der Waals surface area contributed by atoms with E-state index in [1.807, 2.05) is 43.3 Å². The normalized spacial score (nSPS) is 10.6. The van der Waals surface area contributed by atoms with Gasteiger partial charge >= 0.3 is 6.03 Å². The first kappa shape index (κ1) is 15.9. The average Bonchev–Trinajstić information content (AvgIpc) is 2.44. The van der Waals surface area contributed by atoms with Crippen LogP contribution in [-0.4, -0.2) is 6.03 Å². The summed E-state index contributed by atoms with van der Waals surface area (Å²) in [5.41, 5.74) is 2.66. The van der Waals surface area contributed by atoms with Crippen molar-refractivity contribution < 1.29 is 4.79 Å². The van der Waals surface area contributed by atoms with E-state index in [1.54, 1.807) is 18.3 Å². The van der Waals surface area contributed by atoms with E-state index in [0.29, 0.717) is 5.02 Å². The van der Waals surface area contributed by atoms with E-state index in [1.165, 1.54) is 0 Å². The minimum absolute atomic E-state index is 0.289. The van der Waals surface area contributed by atoms with E-state index in [-0.39, 0.29) is 6.03 Å². The highest BCUT2D eigenvalue weighted by Gasteiger charge is 2.03. The fourth-order valence-corrected chi connectivity index (χ4v) is 2.59. The minimum Gasteiger partial charge on any atom is -0.314 e. The summed E-state index contributed by atoms with van der Waals surface area (Å²) in [5.74, 6) is 0. The largest absolute Gasteiger partial charge is 0.323 e. The number of hydrogen-bond acceptors (Lipinski definition) is 1. The van der Waals surface area contributed by atoms with Gasteiger partial charge in [-0.05, 0) is 71.0 Å². The Hall–Kier alpha value is -1.53. The van der Waals surface area contributed by atoms with Crippen LogP contribution in [-0.2, 0) is 0 Å². The second-order valence-corrected chi connectivity index (χ2v) is 6.07. The van der Waals surface area contributed by atoms with Crippen LogP contribution < -0.4 is 10.6 Å². The van der Waals surface area contributed by atoms with Crippen molar-refractivity contribution in [1.82, 2.24) is 5.32 Å². The third kappa shape index (κ3) is 4.75. The molecule has 2 aromatic carbocycles. The lowest BCUT2D eigenvalue weighted by atomic mass is 10.2. The van der Waals surface area contributed by atoms with Crippen molar-refractivity contribution in [2.24, 2.45) is 0 Å². The van der Waals surface area contributed by atoms with Gasteiger partial charge in [0.2, 0.25) is 0 Å². The molecule has 0 radical (unpaired) electrons. The molecule has 2 aromatic rings. The number of carbonyl (C=O) groups is 1. The molecule has 3 nitrogen and oxygen atoms in total. The Balaban J connectivity index is 1.95. The van der Waals surface area contributed by atoms with Crippen molar-refractivity contribution in [2.45, 2.75) is 6.92 Å². The standard InChI is InChI=1S/C16H14ClIN2O/c1-11-10-13(18)6-7-15(11)20-16(21)19-9-8-12-4-2-3-5-14(12)17/h2-10H,1H3,(H2,19,20,21)/b9-8+. The van der Waals surface area contributed by atoms with Crippen LogP contribution in [0.3, 0.4) is 0 Å². The molecule has 2 N–H and O–H groups in total. The van der Waals surface area contributed by atoms with Gasteiger partial charge in [-0.25, -0.2) is 4.79 Å². The maximum Gasteiger partial charge on any atom is 0.323 e. The second-order valence-electron chi connectivity index (χ2n) is 4.41. The van der Waals surface area contributed by atoms with Gasteiger partial charge in [-0.15, -0.1) is 0 Å². The van der Waals surface area contributed by atoms with Crippen LogP contribution in [0.25, 0.3) is 6.08 Å². The molecule has 0 unspecified atom stereocenters. The molecular weight excluding hydrogens is 399 g/mol. The Morgan fingerprint density at radius 3 is 2.71 bits per heavy atom. The number of nitrogens with one attached hydrogen (secondary N) is 2. The van der Waals surface area contributed by atoms with Crippen LogP contribution in [0.1, 0.15) is 11.1 Å². The predicted octanol–water partition coefficient (Wildman–Crippen LogP) is 5.05. The molecule has 108 valence electrons. The van der Waals surface area contributed by atoms with Crippen LogP contribution in [0.15, 0.2) is 48.7 Å². The van der Waals surface area contributed by atoms with Gasteiger partial charge in [-0.2, -0.15) is 0 Å². The molecule has 0 aliphatic rings. The summed E-state index contributed by atoms with van der Waals surface area (Å²) in [5, 5.41) is 6.10. The Labute approximate surface area is 142 Å². The molecule has 0 atom stereocenters. The van der Waals surface area contributed by atoms with E-state index in [9.17, 15) is 4.79 Å². The Kier molecular flexibility index (Phi) is 5.64. The van der Waals surface area contributed by atoms with Crippen LogP contribution >= 0.6 is 34.2 Å². The molecule has 2 amide bonds. The number of halogens is 2. The summed E-state index contributed by atoms with van der Waals surface area (Å²) in [4.78, 5) is 11.8. The lowest BCUT2D eigenvalue weighted by molar-refractivity contribution is 0.255. The van der Waals surface area contributed by atoms with E-state index in [2.05, 4.69) is 33.2 Å². The van der Waals surface area contributed by atoms with Gasteiger partial charge in [0.15, 0.2) is 0 Å². The van der Waals surface area contributed by atoms with Gasteiger partial charge in [0.05, 0.1) is 0 Å². The molecule has 0 saturated carbocycles. The molecule has 2 rings (SSSR count). The molecule has 0 heterocycles. The second kappa shape index (κ2) is 7.47. The number of benzene rings is 2. The predicted molar refractivity (Wildman–Crippen MR) is 96.5 cm³/mol. The quantitative estimate of drug-likeness (QED) is 0.681. The number of anilines is 1. The smallest absolute Gasteiger partial charge is 0.314 e. The third-order valence-corrected chi connectivity index (χ3v) is 3.83. The highest BCUT2D eigenvalue weighted by Crippen LogP contribution is 2.18. The minimum atomic E-state index is -0.289. The van der Waals surface area contributed by atoms with Gasteiger partial charge in [0.25, 0.3) is 0 Å². The number of hydrogen-bond donors (Lipinski definition) is 2. The SMILES string of the molecule is Cc1cc(I)ccc1NC(=O)N/C=C/c1ccccc1Cl. The number of carbonyl (C=O) groups excluding carboxylic acids is 1. The molecule has 0 bridgehead atoms. The molecule has 5 heteroatoms. The van der Waals surface area contributed by atoms with Crippen molar-refractivity contribution in [2.75, 3.05) is 5.32 Å². The van der Waals surface area contributed by atoms with Crippen molar-refractivity contribution >= 4 is 52.0 Å². The summed E-state index contributed by atoms with van der Waals surface area (Å²) in [6.07, 6.45) is 3.32. The lowest BCUT2D eigenvalue weighted by Crippen LogP contribution is -2.24. The fourth-order valence-electron chi connectivity index (χ4n) is 1.74. The van der Waals surface area contributed by atoms with Crippen LogP contribution in [0.2, 0.25) is 5.02 Å². The van der Waals surface area contributed by atoms with Crippen LogP contribution in [0.5, 0.6) is 0 Å². The zero-order valence-corrected chi connectivity index (χ0v) is 14.3. The van der Waals surface area contributed by atoms with Gasteiger partial charge < -0.3 is 10.6 Å². The molecule has 0 aromatic heterocycles. The number of aryl methyl sites for hydroxylation is 1. The first-order valence-electron chi connectivity index (χ1n) is 6.31. The van der Waals surface area contributed by atoms with Crippen molar-refractivity contribution in [3.63, 3.8) is 0 Å². The molecule has 0 spiro atoms. The van der Waals surface area contributed by atoms with Crippen LogP contribution in [0.4, 0.5) is 10.5 Å². The van der Waals surface area contributed by atoms with Gasteiger partial charge in [0, 0.05) is 20.5 Å². The summed E-state index contributed by atoms with van der Waals surface area (Å²) in [6.45, 7) is 1.96. The van der Waals surface area contributed by atoms with Gasteiger partial charge in [-0.1, -0.05) is 29.8 Å². The maximum absolute atomic E-state index is 11.8. The Morgan fingerprint density at radius 2 is 2.00 bits per heavy atom. The molecule has 21 heavy (non-hydrogen) atoms. The van der Waals surface area contributed by atoms with Crippen LogP contribution in [0, 0.1) is 10.5 Å². The molecular formula is C16H14ClIN2O. The monoisotopic (exact) mass is 412 g/mol. The summed E-state index contributed by atoms with van der Waals surface area (Å²) >= 11 is 8.26. The zero-order valence-electron chi connectivity index (χ0n) is 11.4. The lowest BCUT2D eigenvalue weighted by Gasteiger charge is -2.08. The van der Waals surface area contributed by atoms with Gasteiger partial charge in [-0.3, -0.25) is 0 Å². The summed E-state index contributed by atoms with van der Waals surface area (Å²) in [7, 11) is 0. The highest BCUT2D eigenvalue weighted by atomic mass is 127. The molecule has 0 aliphatic carbocycles. The van der Waals surface area contributed by atoms with Crippen molar-refractivity contribution in [3.8, 4) is 0 Å². The van der Waals surface area contributed by atoms with Crippen molar-refractivity contribution in [3.05, 3.63) is 68.4 Å². The topological polar surface area (TPSA) is 41.1 Å². The Bertz CT molecular complexity index is 686. The highest BCUT2D eigenvalue weighted by molar-refractivity contribution is 14.1. The average molecular weight is 413 g/mol. The Morgan fingerprint density at radius 1 is 1.24 bits per heavy atom. The fraction of sp³-hybridized carbons (Fsp3) is 0.0625. The van der Waals surface area contributed by atoms with Gasteiger partial charge in [0.1, 0.15) is 0 Å². The zero-order chi connectivity index (χ0) is 15.2. The van der Waals surface area contributed by atoms with E-state index < -0.39 is 0 Å². The first-order chi connectivity index (χ1) is 10.1. The van der Waals surface area contributed by atoms with Crippen molar-refractivity contribution in [1.29, 1.82) is 0 Å².